The summed E-state index contributed by atoms with van der Waals surface area (Å²) in [4.78, 5) is 0. The highest BCUT2D eigenvalue weighted by atomic mass is 16.5. The van der Waals surface area contributed by atoms with E-state index in [1.165, 1.54) is 16.7 Å². The smallest absolute Gasteiger partial charge is 0.123 e. The van der Waals surface area contributed by atoms with E-state index < -0.39 is 0 Å². The Labute approximate surface area is 121 Å². The average Bonchev–Trinajstić information content (AvgIpc) is 2.47. The molecular weight excluding hydrogens is 246 g/mol. The van der Waals surface area contributed by atoms with Crippen molar-refractivity contribution < 1.29 is 4.74 Å². The second kappa shape index (κ2) is 6.58. The zero-order valence-electron chi connectivity index (χ0n) is 12.7. The molecule has 106 valence electrons. The number of hydrogen-bond acceptors (Lipinski definition) is 2. The van der Waals surface area contributed by atoms with Crippen molar-refractivity contribution in [2.24, 2.45) is 0 Å². The summed E-state index contributed by atoms with van der Waals surface area (Å²) in [5.74, 6) is 0.934. The third-order valence-corrected chi connectivity index (χ3v) is 3.68. The van der Waals surface area contributed by atoms with Crippen LogP contribution in [0.25, 0.3) is 0 Å². The van der Waals surface area contributed by atoms with Crippen LogP contribution in [0.3, 0.4) is 0 Å². The van der Waals surface area contributed by atoms with Gasteiger partial charge in [-0.1, -0.05) is 48.0 Å². The maximum absolute atomic E-state index is 5.43. The third kappa shape index (κ3) is 3.40. The molecule has 2 aromatic carbocycles. The standard InChI is InChI=1S/C18H23NO/c1-13-9-11-16(12-10-13)14(2)19-15(3)17-7-5-6-8-18(17)20-4/h5-12,14-15,19H,1-4H3/t14?,15-/m0/s1. The molecule has 0 bridgehead atoms. The lowest BCUT2D eigenvalue weighted by Gasteiger charge is -2.22. The maximum atomic E-state index is 5.43. The number of benzene rings is 2. The molecule has 0 aromatic heterocycles. The molecular formula is C18H23NO. The van der Waals surface area contributed by atoms with Gasteiger partial charge in [0.1, 0.15) is 5.75 Å². The summed E-state index contributed by atoms with van der Waals surface area (Å²) in [5, 5.41) is 3.63. The van der Waals surface area contributed by atoms with Gasteiger partial charge in [-0.2, -0.15) is 0 Å². The molecule has 0 saturated heterocycles. The molecule has 0 spiro atoms. The maximum Gasteiger partial charge on any atom is 0.123 e. The van der Waals surface area contributed by atoms with Crippen LogP contribution in [0.5, 0.6) is 5.75 Å². The van der Waals surface area contributed by atoms with Gasteiger partial charge in [0, 0.05) is 17.6 Å². The van der Waals surface area contributed by atoms with Gasteiger partial charge in [-0.25, -0.2) is 0 Å². The number of methoxy groups -OCH3 is 1. The van der Waals surface area contributed by atoms with Crippen LogP contribution < -0.4 is 10.1 Å². The SMILES string of the molecule is COc1ccccc1[C@H](C)NC(C)c1ccc(C)cc1. The summed E-state index contributed by atoms with van der Waals surface area (Å²) in [7, 11) is 1.72. The van der Waals surface area contributed by atoms with Crippen LogP contribution in [0.2, 0.25) is 0 Å². The van der Waals surface area contributed by atoms with Gasteiger partial charge in [-0.15, -0.1) is 0 Å². The molecule has 0 fully saturated rings. The fourth-order valence-corrected chi connectivity index (χ4v) is 2.44. The van der Waals surface area contributed by atoms with Crippen LogP contribution in [-0.4, -0.2) is 7.11 Å². The van der Waals surface area contributed by atoms with Crippen LogP contribution in [0.15, 0.2) is 48.5 Å². The molecule has 2 rings (SSSR count). The van der Waals surface area contributed by atoms with Crippen LogP contribution in [0, 0.1) is 6.92 Å². The fraction of sp³-hybridized carbons (Fsp3) is 0.333. The Morgan fingerprint density at radius 2 is 1.55 bits per heavy atom. The van der Waals surface area contributed by atoms with E-state index in [0.717, 1.165) is 5.75 Å². The van der Waals surface area contributed by atoms with Gasteiger partial charge < -0.3 is 10.1 Å². The van der Waals surface area contributed by atoms with Crippen LogP contribution in [0.1, 0.15) is 42.6 Å². The Kier molecular flexibility index (Phi) is 4.80. The molecule has 2 heteroatoms. The fourth-order valence-electron chi connectivity index (χ4n) is 2.44. The zero-order valence-corrected chi connectivity index (χ0v) is 12.7. The minimum absolute atomic E-state index is 0.238. The predicted molar refractivity (Wildman–Crippen MR) is 84.1 cm³/mol. The average molecular weight is 269 g/mol. The summed E-state index contributed by atoms with van der Waals surface area (Å²) in [6.07, 6.45) is 0. The van der Waals surface area contributed by atoms with E-state index in [2.05, 4.69) is 56.4 Å². The molecule has 20 heavy (non-hydrogen) atoms. The molecule has 0 aliphatic carbocycles. The van der Waals surface area contributed by atoms with E-state index in [-0.39, 0.29) is 6.04 Å². The molecule has 0 aliphatic heterocycles. The highest BCUT2D eigenvalue weighted by Gasteiger charge is 2.14. The van der Waals surface area contributed by atoms with Gasteiger partial charge in [0.15, 0.2) is 0 Å². The second-order valence-electron chi connectivity index (χ2n) is 5.26. The van der Waals surface area contributed by atoms with Gasteiger partial charge in [-0.3, -0.25) is 0 Å². The molecule has 1 unspecified atom stereocenters. The first-order chi connectivity index (χ1) is 9.61. The number of rotatable bonds is 5. The molecule has 1 N–H and O–H groups in total. The molecule has 2 atom stereocenters. The van der Waals surface area contributed by atoms with Crippen molar-refractivity contribution >= 4 is 0 Å². The molecule has 0 radical (unpaired) electrons. The lowest BCUT2D eigenvalue weighted by molar-refractivity contribution is 0.396. The lowest BCUT2D eigenvalue weighted by Crippen LogP contribution is -2.22. The Balaban J connectivity index is 2.10. The van der Waals surface area contributed by atoms with Gasteiger partial charge >= 0.3 is 0 Å². The first-order valence-electron chi connectivity index (χ1n) is 7.07. The quantitative estimate of drug-likeness (QED) is 0.867. The van der Waals surface area contributed by atoms with E-state index in [1.54, 1.807) is 7.11 Å². The van der Waals surface area contributed by atoms with Gasteiger partial charge in [0.25, 0.3) is 0 Å². The molecule has 0 aliphatic rings. The van der Waals surface area contributed by atoms with Crippen molar-refractivity contribution in [1.82, 2.24) is 5.32 Å². The Morgan fingerprint density at radius 1 is 0.900 bits per heavy atom. The summed E-state index contributed by atoms with van der Waals surface area (Å²) in [5.41, 5.74) is 3.78. The van der Waals surface area contributed by atoms with Crippen LogP contribution in [0.4, 0.5) is 0 Å². The summed E-state index contributed by atoms with van der Waals surface area (Å²) in [6.45, 7) is 6.47. The lowest BCUT2D eigenvalue weighted by atomic mass is 10.0. The minimum atomic E-state index is 0.238. The minimum Gasteiger partial charge on any atom is -0.496 e. The van der Waals surface area contributed by atoms with E-state index in [9.17, 15) is 0 Å². The Hall–Kier alpha value is -1.80. The van der Waals surface area contributed by atoms with Crippen molar-refractivity contribution in [3.05, 3.63) is 65.2 Å². The number of aryl methyl sites for hydroxylation is 1. The van der Waals surface area contributed by atoms with Crippen molar-refractivity contribution in [1.29, 1.82) is 0 Å². The summed E-state index contributed by atoms with van der Waals surface area (Å²) >= 11 is 0. The van der Waals surface area contributed by atoms with Crippen LogP contribution in [-0.2, 0) is 0 Å². The monoisotopic (exact) mass is 269 g/mol. The molecule has 2 aromatic rings. The van der Waals surface area contributed by atoms with Gasteiger partial charge in [0.05, 0.1) is 7.11 Å². The van der Waals surface area contributed by atoms with Crippen molar-refractivity contribution in [3.8, 4) is 5.75 Å². The molecule has 0 amide bonds. The first kappa shape index (κ1) is 14.6. The van der Waals surface area contributed by atoms with E-state index in [4.69, 9.17) is 4.74 Å². The normalized spacial score (nSPS) is 13.8. The van der Waals surface area contributed by atoms with Gasteiger partial charge in [0.2, 0.25) is 0 Å². The predicted octanol–water partition coefficient (Wildman–Crippen LogP) is 4.42. The summed E-state index contributed by atoms with van der Waals surface area (Å²) < 4.78 is 5.43. The molecule has 2 nitrogen and oxygen atoms in total. The highest BCUT2D eigenvalue weighted by molar-refractivity contribution is 5.36. The van der Waals surface area contributed by atoms with E-state index in [1.807, 2.05) is 18.2 Å². The Bertz CT molecular complexity index is 548. The number of para-hydroxylation sites is 1. The van der Waals surface area contributed by atoms with E-state index >= 15 is 0 Å². The second-order valence-corrected chi connectivity index (χ2v) is 5.26. The number of nitrogens with one attached hydrogen (secondary N) is 1. The van der Waals surface area contributed by atoms with Crippen molar-refractivity contribution in [2.45, 2.75) is 32.9 Å². The Morgan fingerprint density at radius 3 is 2.20 bits per heavy atom. The molecule has 0 heterocycles. The largest absolute Gasteiger partial charge is 0.496 e. The topological polar surface area (TPSA) is 21.3 Å². The molecule has 0 saturated carbocycles. The van der Waals surface area contributed by atoms with Crippen molar-refractivity contribution in [3.63, 3.8) is 0 Å². The van der Waals surface area contributed by atoms with Crippen LogP contribution >= 0.6 is 0 Å². The van der Waals surface area contributed by atoms with E-state index in [0.29, 0.717) is 6.04 Å². The zero-order chi connectivity index (χ0) is 14.5. The summed E-state index contributed by atoms with van der Waals surface area (Å²) in [6, 6.07) is 17.4. The van der Waals surface area contributed by atoms with Crippen molar-refractivity contribution in [2.75, 3.05) is 7.11 Å². The first-order valence-corrected chi connectivity index (χ1v) is 7.07. The number of hydrogen-bond donors (Lipinski definition) is 1. The van der Waals surface area contributed by atoms with Gasteiger partial charge in [-0.05, 0) is 32.4 Å². The number of ether oxygens (including phenoxy) is 1. The highest BCUT2D eigenvalue weighted by Crippen LogP contribution is 2.26. The third-order valence-electron chi connectivity index (χ3n) is 3.68.